The fraction of sp³-hybridized carbons (Fsp3) is 0.643. The smallest absolute Gasteiger partial charge is 0.0486 e. The number of nitrogens with two attached hydrogens (primary N) is 1. The zero-order valence-corrected chi connectivity index (χ0v) is 13.3. The van der Waals surface area contributed by atoms with Gasteiger partial charge in [-0.15, -0.1) is 0 Å². The highest BCUT2D eigenvalue weighted by Crippen LogP contribution is 2.26. The summed E-state index contributed by atoms with van der Waals surface area (Å²) in [6.45, 7) is 2.86. The summed E-state index contributed by atoms with van der Waals surface area (Å²) in [4.78, 5) is 9.07. The van der Waals surface area contributed by atoms with Crippen molar-refractivity contribution >= 4 is 15.9 Å². The van der Waals surface area contributed by atoms with E-state index in [1.807, 2.05) is 12.4 Å². The molecule has 0 aromatic carbocycles. The monoisotopic (exact) mass is 326 g/mol. The quantitative estimate of drug-likeness (QED) is 0.917. The number of pyridine rings is 1. The van der Waals surface area contributed by atoms with E-state index in [2.05, 4.69) is 50.9 Å². The van der Waals surface area contributed by atoms with Crippen LogP contribution in [0.5, 0.6) is 0 Å². The third-order valence-electron chi connectivity index (χ3n) is 4.00. The van der Waals surface area contributed by atoms with Gasteiger partial charge in [0.1, 0.15) is 0 Å². The lowest BCUT2D eigenvalue weighted by molar-refractivity contribution is 0.110. The first-order valence-electron chi connectivity index (χ1n) is 6.83. The summed E-state index contributed by atoms with van der Waals surface area (Å²) in [5, 5.41) is 0. The van der Waals surface area contributed by atoms with Gasteiger partial charge in [-0.2, -0.15) is 0 Å². The number of hydrogen-bond acceptors (Lipinski definition) is 4. The molecule has 1 aliphatic rings. The molecule has 4 nitrogen and oxygen atoms in total. The van der Waals surface area contributed by atoms with Crippen molar-refractivity contribution < 1.29 is 0 Å². The minimum absolute atomic E-state index is 0.285. The van der Waals surface area contributed by atoms with Crippen LogP contribution in [0.1, 0.15) is 24.4 Å². The Bertz CT molecular complexity index is 402. The Morgan fingerprint density at radius 3 is 2.63 bits per heavy atom. The van der Waals surface area contributed by atoms with Crippen molar-refractivity contribution in [3.8, 4) is 0 Å². The molecule has 0 bridgehead atoms. The van der Waals surface area contributed by atoms with Crippen LogP contribution < -0.4 is 5.73 Å². The maximum absolute atomic E-state index is 5.98. The second-order valence-electron chi connectivity index (χ2n) is 5.42. The fourth-order valence-corrected chi connectivity index (χ4v) is 3.20. The number of aromatic nitrogens is 1. The number of rotatable bonds is 4. The molecule has 2 heterocycles. The van der Waals surface area contributed by atoms with Gasteiger partial charge in [0.05, 0.1) is 0 Å². The van der Waals surface area contributed by atoms with E-state index >= 15 is 0 Å². The van der Waals surface area contributed by atoms with Crippen molar-refractivity contribution in [2.75, 3.05) is 33.7 Å². The van der Waals surface area contributed by atoms with Gasteiger partial charge in [0, 0.05) is 48.6 Å². The van der Waals surface area contributed by atoms with Crippen molar-refractivity contribution in [1.82, 2.24) is 14.8 Å². The average Bonchev–Trinajstić information content (AvgIpc) is 2.40. The van der Waals surface area contributed by atoms with Crippen molar-refractivity contribution in [1.29, 1.82) is 0 Å². The molecule has 1 aromatic rings. The molecule has 106 valence electrons. The second kappa shape index (κ2) is 6.79. The molecule has 1 aliphatic heterocycles. The molecule has 1 atom stereocenters. The van der Waals surface area contributed by atoms with E-state index in [1.165, 1.54) is 18.4 Å². The van der Waals surface area contributed by atoms with Crippen molar-refractivity contribution in [3.05, 3.63) is 28.5 Å². The Kier molecular flexibility index (Phi) is 5.33. The molecule has 5 heteroatoms. The van der Waals surface area contributed by atoms with E-state index in [9.17, 15) is 0 Å². The van der Waals surface area contributed by atoms with Crippen LogP contribution in [0.2, 0.25) is 0 Å². The fourth-order valence-electron chi connectivity index (χ4n) is 2.82. The predicted octanol–water partition coefficient (Wildman–Crippen LogP) is 1.87. The summed E-state index contributed by atoms with van der Waals surface area (Å²) in [7, 11) is 4.33. The Labute approximate surface area is 124 Å². The third kappa shape index (κ3) is 3.75. The van der Waals surface area contributed by atoms with Crippen LogP contribution in [0.15, 0.2) is 22.9 Å². The molecule has 0 radical (unpaired) electrons. The van der Waals surface area contributed by atoms with E-state index in [0.717, 1.165) is 17.6 Å². The normalized spacial score (nSPS) is 19.8. The number of halogens is 1. The largest absolute Gasteiger partial charge is 0.329 e. The molecule has 1 fully saturated rings. The first-order valence-corrected chi connectivity index (χ1v) is 7.62. The molecular formula is C14H23BrN4. The summed E-state index contributed by atoms with van der Waals surface area (Å²) in [5.41, 5.74) is 7.19. The molecule has 0 saturated carbocycles. The number of piperidine rings is 1. The van der Waals surface area contributed by atoms with Crippen LogP contribution in [0.25, 0.3) is 0 Å². The molecule has 1 aromatic heterocycles. The van der Waals surface area contributed by atoms with Gasteiger partial charge >= 0.3 is 0 Å². The van der Waals surface area contributed by atoms with Crippen LogP contribution in [0.4, 0.5) is 0 Å². The van der Waals surface area contributed by atoms with Crippen LogP contribution in [0, 0.1) is 0 Å². The Morgan fingerprint density at radius 2 is 2.11 bits per heavy atom. The minimum Gasteiger partial charge on any atom is -0.329 e. The summed E-state index contributed by atoms with van der Waals surface area (Å²) in [5.74, 6) is 0. The number of hydrogen-bond donors (Lipinski definition) is 1. The van der Waals surface area contributed by atoms with Gasteiger partial charge in [-0.3, -0.25) is 9.88 Å². The average molecular weight is 327 g/mol. The highest BCUT2D eigenvalue weighted by atomic mass is 79.9. The van der Waals surface area contributed by atoms with Gasteiger partial charge in [-0.25, -0.2) is 0 Å². The van der Waals surface area contributed by atoms with E-state index in [1.54, 1.807) is 0 Å². The minimum atomic E-state index is 0.285. The SMILES string of the molecule is CN(C)C1CCN(C(CN)c2cncc(Br)c2)CC1. The molecule has 0 amide bonds. The van der Waals surface area contributed by atoms with E-state index in [4.69, 9.17) is 5.73 Å². The van der Waals surface area contributed by atoms with Crippen LogP contribution in [0.3, 0.4) is 0 Å². The summed E-state index contributed by atoms with van der Waals surface area (Å²) < 4.78 is 1.02. The maximum Gasteiger partial charge on any atom is 0.0486 e. The number of likely N-dealkylation sites (tertiary alicyclic amines) is 1. The lowest BCUT2D eigenvalue weighted by Gasteiger charge is -2.39. The third-order valence-corrected chi connectivity index (χ3v) is 4.44. The second-order valence-corrected chi connectivity index (χ2v) is 6.33. The highest BCUT2D eigenvalue weighted by Gasteiger charge is 2.26. The molecule has 0 aliphatic carbocycles. The first-order chi connectivity index (χ1) is 9.11. The van der Waals surface area contributed by atoms with E-state index in [0.29, 0.717) is 12.6 Å². The molecular weight excluding hydrogens is 304 g/mol. The van der Waals surface area contributed by atoms with Crippen molar-refractivity contribution in [3.63, 3.8) is 0 Å². The lowest BCUT2D eigenvalue weighted by atomic mass is 9.99. The van der Waals surface area contributed by atoms with Crippen LogP contribution in [-0.4, -0.2) is 54.6 Å². The number of nitrogens with zero attached hydrogens (tertiary/aromatic N) is 3. The summed E-state index contributed by atoms with van der Waals surface area (Å²) >= 11 is 3.48. The zero-order valence-electron chi connectivity index (χ0n) is 11.7. The Balaban J connectivity index is 2.03. The predicted molar refractivity (Wildman–Crippen MR) is 82.0 cm³/mol. The molecule has 0 spiro atoms. The van der Waals surface area contributed by atoms with Crippen LogP contribution in [-0.2, 0) is 0 Å². The van der Waals surface area contributed by atoms with Gasteiger partial charge in [0.2, 0.25) is 0 Å². The Hall–Kier alpha value is -0.490. The summed E-state index contributed by atoms with van der Waals surface area (Å²) in [6.07, 6.45) is 6.17. The van der Waals surface area contributed by atoms with Gasteiger partial charge in [-0.05, 0) is 54.5 Å². The van der Waals surface area contributed by atoms with Gasteiger partial charge in [0.25, 0.3) is 0 Å². The highest BCUT2D eigenvalue weighted by molar-refractivity contribution is 9.10. The Morgan fingerprint density at radius 1 is 1.42 bits per heavy atom. The van der Waals surface area contributed by atoms with Gasteiger partial charge in [0.15, 0.2) is 0 Å². The van der Waals surface area contributed by atoms with Crippen LogP contribution >= 0.6 is 15.9 Å². The molecule has 2 rings (SSSR count). The lowest BCUT2D eigenvalue weighted by Crippen LogP contribution is -2.45. The van der Waals surface area contributed by atoms with Crippen molar-refractivity contribution in [2.24, 2.45) is 5.73 Å². The van der Waals surface area contributed by atoms with Crippen molar-refractivity contribution in [2.45, 2.75) is 24.9 Å². The zero-order chi connectivity index (χ0) is 13.8. The molecule has 1 saturated heterocycles. The maximum atomic E-state index is 5.98. The first kappa shape index (κ1) is 14.9. The summed E-state index contributed by atoms with van der Waals surface area (Å²) in [6, 6.07) is 3.12. The van der Waals surface area contributed by atoms with Gasteiger partial charge < -0.3 is 10.6 Å². The van der Waals surface area contributed by atoms with E-state index < -0.39 is 0 Å². The molecule has 2 N–H and O–H groups in total. The standard InChI is InChI=1S/C14H23BrN4/c1-18(2)13-3-5-19(6-4-13)14(8-16)11-7-12(15)10-17-9-11/h7,9-10,13-14H,3-6,8,16H2,1-2H3. The molecule has 19 heavy (non-hydrogen) atoms. The van der Waals surface area contributed by atoms with Gasteiger partial charge in [-0.1, -0.05) is 0 Å². The van der Waals surface area contributed by atoms with E-state index in [-0.39, 0.29) is 6.04 Å². The topological polar surface area (TPSA) is 45.4 Å². The molecule has 1 unspecified atom stereocenters.